The molecule has 1 aromatic rings. The van der Waals surface area contributed by atoms with Gasteiger partial charge in [0.15, 0.2) is 0 Å². The van der Waals surface area contributed by atoms with E-state index < -0.39 is 0 Å². The van der Waals surface area contributed by atoms with Crippen molar-refractivity contribution in [2.75, 3.05) is 13.1 Å². The predicted octanol–water partition coefficient (Wildman–Crippen LogP) is 9.74. The van der Waals surface area contributed by atoms with Crippen molar-refractivity contribution in [2.24, 2.45) is 0 Å². The fourth-order valence-corrected chi connectivity index (χ4v) is 4.71. The Kier molecular flexibility index (Phi) is 21.9. The Morgan fingerprint density at radius 1 is 0.485 bits per heavy atom. The summed E-state index contributed by atoms with van der Waals surface area (Å²) in [5.41, 5.74) is 1.31. The molecule has 0 unspecified atom stereocenters. The lowest BCUT2D eigenvalue weighted by atomic mass is 10.0. The second-order valence-electron chi connectivity index (χ2n) is 10.2. The summed E-state index contributed by atoms with van der Waals surface area (Å²) in [6.45, 7) is 4.56. The monoisotopic (exact) mass is 459 g/mol. The van der Waals surface area contributed by atoms with Gasteiger partial charge in [0.25, 0.3) is 0 Å². The van der Waals surface area contributed by atoms with Crippen LogP contribution in [-0.4, -0.2) is 18.2 Å². The quantitative estimate of drug-likeness (QED) is 0.143. The standard InChI is InChI=1S/C31H57NO/c1-2-3-4-5-6-7-8-9-10-11-12-13-14-15-16-17-18-19-20-21-28-32-29-22-23-30-24-26-31(33)27-25-30/h24-27,32-33H,2-23,28-29H2,1H3. The summed E-state index contributed by atoms with van der Waals surface area (Å²) < 4.78 is 0. The molecule has 0 atom stereocenters. The van der Waals surface area contributed by atoms with E-state index in [4.69, 9.17) is 0 Å². The molecule has 1 aromatic carbocycles. The van der Waals surface area contributed by atoms with Gasteiger partial charge in [0.05, 0.1) is 0 Å². The molecule has 0 saturated heterocycles. The zero-order valence-electron chi connectivity index (χ0n) is 22.2. The molecular weight excluding hydrogens is 402 g/mol. The largest absolute Gasteiger partial charge is 0.508 e. The SMILES string of the molecule is CCCCCCCCCCCCCCCCCCCCCCNCCCc1ccc(O)cc1. The van der Waals surface area contributed by atoms with E-state index in [0.29, 0.717) is 5.75 Å². The van der Waals surface area contributed by atoms with E-state index in [1.807, 2.05) is 12.1 Å². The van der Waals surface area contributed by atoms with E-state index >= 15 is 0 Å². The van der Waals surface area contributed by atoms with Crippen LogP contribution in [0.4, 0.5) is 0 Å². The molecule has 0 aromatic heterocycles. The Morgan fingerprint density at radius 3 is 1.27 bits per heavy atom. The molecule has 0 heterocycles. The van der Waals surface area contributed by atoms with E-state index in [1.165, 1.54) is 140 Å². The third-order valence-corrected chi connectivity index (χ3v) is 6.96. The first-order valence-corrected chi connectivity index (χ1v) is 14.8. The van der Waals surface area contributed by atoms with Gasteiger partial charge in [-0.05, 0) is 50.0 Å². The second kappa shape index (κ2) is 24.1. The molecule has 0 amide bonds. The highest BCUT2D eigenvalue weighted by Crippen LogP contribution is 2.15. The lowest BCUT2D eigenvalue weighted by molar-refractivity contribution is 0.475. The minimum Gasteiger partial charge on any atom is -0.508 e. The van der Waals surface area contributed by atoms with Crippen molar-refractivity contribution in [3.05, 3.63) is 29.8 Å². The van der Waals surface area contributed by atoms with Crippen molar-refractivity contribution in [1.82, 2.24) is 5.32 Å². The molecule has 2 nitrogen and oxygen atoms in total. The van der Waals surface area contributed by atoms with E-state index in [0.717, 1.165) is 19.5 Å². The average Bonchev–Trinajstić information content (AvgIpc) is 2.83. The maximum absolute atomic E-state index is 9.31. The van der Waals surface area contributed by atoms with Crippen LogP contribution in [0.2, 0.25) is 0 Å². The normalized spacial score (nSPS) is 11.3. The number of hydrogen-bond acceptors (Lipinski definition) is 2. The molecular formula is C31H57NO. The second-order valence-corrected chi connectivity index (χ2v) is 10.2. The van der Waals surface area contributed by atoms with Crippen molar-refractivity contribution in [3.63, 3.8) is 0 Å². The Hall–Kier alpha value is -1.02. The van der Waals surface area contributed by atoms with Crippen LogP contribution in [0.1, 0.15) is 147 Å². The van der Waals surface area contributed by atoms with Gasteiger partial charge < -0.3 is 10.4 Å². The van der Waals surface area contributed by atoms with Gasteiger partial charge in [-0.15, -0.1) is 0 Å². The zero-order valence-corrected chi connectivity index (χ0v) is 22.2. The van der Waals surface area contributed by atoms with Crippen molar-refractivity contribution in [2.45, 2.75) is 148 Å². The average molecular weight is 460 g/mol. The lowest BCUT2D eigenvalue weighted by Crippen LogP contribution is -2.17. The Bertz CT molecular complexity index is 498. The van der Waals surface area contributed by atoms with Crippen LogP contribution in [0.5, 0.6) is 5.75 Å². The summed E-state index contributed by atoms with van der Waals surface area (Å²) in [6.07, 6.45) is 31.1. The Labute approximate surface area is 207 Å². The molecule has 2 heteroatoms. The molecule has 0 saturated carbocycles. The van der Waals surface area contributed by atoms with Crippen LogP contribution in [0, 0.1) is 0 Å². The molecule has 0 aliphatic rings. The summed E-state index contributed by atoms with van der Waals surface area (Å²) in [6, 6.07) is 7.60. The van der Waals surface area contributed by atoms with Gasteiger partial charge in [0, 0.05) is 0 Å². The summed E-state index contributed by atoms with van der Waals surface area (Å²) in [4.78, 5) is 0. The Morgan fingerprint density at radius 2 is 0.848 bits per heavy atom. The smallest absolute Gasteiger partial charge is 0.115 e. The minimum atomic E-state index is 0.358. The van der Waals surface area contributed by atoms with Gasteiger partial charge in [0.2, 0.25) is 0 Å². The maximum atomic E-state index is 9.31. The molecule has 2 N–H and O–H groups in total. The van der Waals surface area contributed by atoms with Crippen molar-refractivity contribution in [3.8, 4) is 5.75 Å². The van der Waals surface area contributed by atoms with E-state index in [2.05, 4.69) is 12.2 Å². The number of benzene rings is 1. The van der Waals surface area contributed by atoms with Gasteiger partial charge in [0.1, 0.15) is 5.75 Å². The predicted molar refractivity (Wildman–Crippen MR) is 147 cm³/mol. The number of phenols is 1. The molecule has 0 spiro atoms. The van der Waals surface area contributed by atoms with Crippen molar-refractivity contribution < 1.29 is 5.11 Å². The number of nitrogens with one attached hydrogen (secondary N) is 1. The molecule has 0 aliphatic carbocycles. The first-order chi connectivity index (χ1) is 16.3. The van der Waals surface area contributed by atoms with Crippen LogP contribution in [0.15, 0.2) is 24.3 Å². The first-order valence-electron chi connectivity index (χ1n) is 14.8. The number of unbranched alkanes of at least 4 members (excludes halogenated alkanes) is 19. The topological polar surface area (TPSA) is 32.3 Å². The highest BCUT2D eigenvalue weighted by molar-refractivity contribution is 5.25. The van der Waals surface area contributed by atoms with E-state index in [9.17, 15) is 5.11 Å². The van der Waals surface area contributed by atoms with Gasteiger partial charge in [-0.2, -0.15) is 0 Å². The highest BCUT2D eigenvalue weighted by Gasteiger charge is 1.97. The first kappa shape index (κ1) is 30.0. The Balaban J connectivity index is 1.66. The molecule has 0 bridgehead atoms. The van der Waals surface area contributed by atoms with E-state index in [-0.39, 0.29) is 0 Å². The van der Waals surface area contributed by atoms with Gasteiger partial charge in [-0.25, -0.2) is 0 Å². The molecule has 192 valence electrons. The lowest BCUT2D eigenvalue weighted by Gasteiger charge is -2.06. The van der Waals surface area contributed by atoms with Crippen LogP contribution in [0.25, 0.3) is 0 Å². The van der Waals surface area contributed by atoms with Gasteiger partial charge >= 0.3 is 0 Å². The summed E-state index contributed by atoms with van der Waals surface area (Å²) in [5, 5.41) is 12.9. The van der Waals surface area contributed by atoms with Crippen molar-refractivity contribution in [1.29, 1.82) is 0 Å². The fourth-order valence-electron chi connectivity index (χ4n) is 4.71. The number of rotatable bonds is 25. The summed E-state index contributed by atoms with van der Waals surface area (Å²) >= 11 is 0. The van der Waals surface area contributed by atoms with Crippen molar-refractivity contribution >= 4 is 0 Å². The van der Waals surface area contributed by atoms with Gasteiger partial charge in [-0.1, -0.05) is 141 Å². The fraction of sp³-hybridized carbons (Fsp3) is 0.806. The highest BCUT2D eigenvalue weighted by atomic mass is 16.3. The summed E-state index contributed by atoms with van der Waals surface area (Å²) in [5.74, 6) is 0.358. The third kappa shape index (κ3) is 21.3. The number of aromatic hydroxyl groups is 1. The molecule has 33 heavy (non-hydrogen) atoms. The number of aryl methyl sites for hydroxylation is 1. The molecule has 0 radical (unpaired) electrons. The third-order valence-electron chi connectivity index (χ3n) is 6.96. The van der Waals surface area contributed by atoms with Crippen LogP contribution >= 0.6 is 0 Å². The van der Waals surface area contributed by atoms with Crippen LogP contribution in [-0.2, 0) is 6.42 Å². The number of hydrogen-bond donors (Lipinski definition) is 2. The molecule has 0 fully saturated rings. The molecule has 0 aliphatic heterocycles. The number of phenolic OH excluding ortho intramolecular Hbond substituents is 1. The van der Waals surface area contributed by atoms with Gasteiger partial charge in [-0.3, -0.25) is 0 Å². The van der Waals surface area contributed by atoms with Crippen LogP contribution < -0.4 is 5.32 Å². The molecule has 1 rings (SSSR count). The zero-order chi connectivity index (χ0) is 23.7. The maximum Gasteiger partial charge on any atom is 0.115 e. The van der Waals surface area contributed by atoms with Crippen LogP contribution in [0.3, 0.4) is 0 Å². The minimum absolute atomic E-state index is 0.358. The summed E-state index contributed by atoms with van der Waals surface area (Å²) in [7, 11) is 0. The van der Waals surface area contributed by atoms with E-state index in [1.54, 1.807) is 12.1 Å².